The van der Waals surface area contributed by atoms with Gasteiger partial charge < -0.3 is 4.57 Å². The van der Waals surface area contributed by atoms with Crippen molar-refractivity contribution >= 4 is 11.6 Å². The molecule has 0 aliphatic carbocycles. The minimum atomic E-state index is 0.121. The molecule has 0 aliphatic rings. The van der Waals surface area contributed by atoms with Crippen molar-refractivity contribution in [1.29, 1.82) is 0 Å². The largest absolute Gasteiger partial charge is 0.315 e. The second-order valence-electron chi connectivity index (χ2n) is 4.06. The summed E-state index contributed by atoms with van der Waals surface area (Å²) in [6.07, 6.45) is 3.88. The molecule has 0 saturated heterocycles. The highest BCUT2D eigenvalue weighted by atomic mass is 35.5. The van der Waals surface area contributed by atoms with E-state index in [2.05, 4.69) is 6.92 Å². The van der Waals surface area contributed by atoms with Gasteiger partial charge in [-0.05, 0) is 31.7 Å². The van der Waals surface area contributed by atoms with Crippen LogP contribution in [0, 0.1) is 12.8 Å². The zero-order valence-electron chi connectivity index (χ0n) is 9.37. The first-order valence-corrected chi connectivity index (χ1v) is 5.90. The Bertz CT molecular complexity index is 359. The summed E-state index contributed by atoms with van der Waals surface area (Å²) in [5, 5.41) is 0. The first kappa shape index (κ1) is 12.3. The SMILES string of the molecule is Cc1cccn(CCC(C)CCCl)c1=O. The molecule has 1 unspecified atom stereocenters. The molecule has 1 heterocycles. The van der Waals surface area contributed by atoms with Crippen molar-refractivity contribution in [1.82, 2.24) is 4.57 Å². The molecular formula is C12H18ClNO. The Kier molecular flexibility index (Phi) is 4.89. The highest BCUT2D eigenvalue weighted by molar-refractivity contribution is 6.17. The van der Waals surface area contributed by atoms with Gasteiger partial charge in [-0.15, -0.1) is 11.6 Å². The van der Waals surface area contributed by atoms with E-state index in [1.165, 1.54) is 0 Å². The summed E-state index contributed by atoms with van der Waals surface area (Å²) in [6.45, 7) is 4.81. The number of aromatic nitrogens is 1. The van der Waals surface area contributed by atoms with Crippen LogP contribution in [0.3, 0.4) is 0 Å². The molecule has 1 rings (SSSR count). The lowest BCUT2D eigenvalue weighted by molar-refractivity contribution is 0.464. The normalized spacial score (nSPS) is 12.7. The van der Waals surface area contributed by atoms with Crippen LogP contribution in [0.25, 0.3) is 0 Å². The monoisotopic (exact) mass is 227 g/mol. The van der Waals surface area contributed by atoms with Crippen LogP contribution in [0.1, 0.15) is 25.3 Å². The van der Waals surface area contributed by atoms with Gasteiger partial charge in [-0.1, -0.05) is 13.0 Å². The van der Waals surface area contributed by atoms with Crippen molar-refractivity contribution in [2.45, 2.75) is 33.2 Å². The lowest BCUT2D eigenvalue weighted by atomic mass is 10.1. The predicted octanol–water partition coefficient (Wildman–Crippen LogP) is 2.81. The smallest absolute Gasteiger partial charge is 0.253 e. The molecule has 0 spiro atoms. The number of nitrogens with zero attached hydrogens (tertiary/aromatic N) is 1. The topological polar surface area (TPSA) is 22.0 Å². The molecule has 0 radical (unpaired) electrons. The van der Waals surface area contributed by atoms with Crippen molar-refractivity contribution in [2.75, 3.05) is 5.88 Å². The summed E-state index contributed by atoms with van der Waals surface area (Å²) in [7, 11) is 0. The number of halogens is 1. The minimum absolute atomic E-state index is 0.121. The lowest BCUT2D eigenvalue weighted by Gasteiger charge is -2.11. The van der Waals surface area contributed by atoms with Gasteiger partial charge in [-0.25, -0.2) is 0 Å². The Morgan fingerprint density at radius 3 is 2.87 bits per heavy atom. The predicted molar refractivity (Wildman–Crippen MR) is 64.6 cm³/mol. The quantitative estimate of drug-likeness (QED) is 0.709. The van der Waals surface area contributed by atoms with Gasteiger partial charge in [0.25, 0.3) is 5.56 Å². The molecule has 0 aliphatic heterocycles. The van der Waals surface area contributed by atoms with Gasteiger partial charge in [-0.2, -0.15) is 0 Å². The van der Waals surface area contributed by atoms with E-state index in [0.717, 1.165) is 24.9 Å². The third-order valence-electron chi connectivity index (χ3n) is 2.68. The Balaban J connectivity index is 2.58. The van der Waals surface area contributed by atoms with Crippen molar-refractivity contribution in [3.8, 4) is 0 Å². The summed E-state index contributed by atoms with van der Waals surface area (Å²) < 4.78 is 1.78. The maximum Gasteiger partial charge on any atom is 0.253 e. The van der Waals surface area contributed by atoms with E-state index >= 15 is 0 Å². The summed E-state index contributed by atoms with van der Waals surface area (Å²) in [5.74, 6) is 1.28. The maximum atomic E-state index is 11.7. The van der Waals surface area contributed by atoms with Gasteiger partial charge >= 0.3 is 0 Å². The summed E-state index contributed by atoms with van der Waals surface area (Å²) >= 11 is 5.67. The van der Waals surface area contributed by atoms with Gasteiger partial charge in [0.05, 0.1) is 0 Å². The van der Waals surface area contributed by atoms with E-state index in [-0.39, 0.29) is 5.56 Å². The molecule has 84 valence electrons. The first-order chi connectivity index (χ1) is 7.15. The first-order valence-electron chi connectivity index (χ1n) is 5.37. The number of rotatable bonds is 5. The molecule has 3 heteroatoms. The van der Waals surface area contributed by atoms with Gasteiger partial charge in [0.2, 0.25) is 0 Å². The van der Waals surface area contributed by atoms with E-state index in [1.54, 1.807) is 4.57 Å². The second kappa shape index (κ2) is 5.96. The number of aryl methyl sites for hydroxylation is 2. The second-order valence-corrected chi connectivity index (χ2v) is 4.44. The molecular weight excluding hydrogens is 210 g/mol. The molecule has 0 N–H and O–H groups in total. The fraction of sp³-hybridized carbons (Fsp3) is 0.583. The zero-order chi connectivity index (χ0) is 11.3. The van der Waals surface area contributed by atoms with Crippen LogP contribution in [-0.2, 0) is 6.54 Å². The van der Waals surface area contributed by atoms with E-state index < -0.39 is 0 Å². The van der Waals surface area contributed by atoms with E-state index in [1.807, 2.05) is 25.3 Å². The van der Waals surface area contributed by atoms with Gasteiger partial charge in [0.15, 0.2) is 0 Å². The van der Waals surface area contributed by atoms with E-state index in [9.17, 15) is 4.79 Å². The van der Waals surface area contributed by atoms with Gasteiger partial charge in [0, 0.05) is 24.2 Å². The summed E-state index contributed by atoms with van der Waals surface area (Å²) in [6, 6.07) is 3.77. The van der Waals surface area contributed by atoms with Gasteiger partial charge in [-0.3, -0.25) is 4.79 Å². The Morgan fingerprint density at radius 1 is 1.47 bits per heavy atom. The molecule has 0 amide bonds. The zero-order valence-corrected chi connectivity index (χ0v) is 10.1. The lowest BCUT2D eigenvalue weighted by Crippen LogP contribution is -2.22. The van der Waals surface area contributed by atoms with Crippen molar-refractivity contribution < 1.29 is 0 Å². The summed E-state index contributed by atoms with van der Waals surface area (Å²) in [4.78, 5) is 11.7. The molecule has 1 atom stereocenters. The van der Waals surface area contributed by atoms with Crippen LogP contribution < -0.4 is 5.56 Å². The van der Waals surface area contributed by atoms with Gasteiger partial charge in [0.1, 0.15) is 0 Å². The number of pyridine rings is 1. The molecule has 2 nitrogen and oxygen atoms in total. The molecule has 0 fully saturated rings. The highest BCUT2D eigenvalue weighted by Gasteiger charge is 2.03. The molecule has 0 bridgehead atoms. The van der Waals surface area contributed by atoms with Crippen LogP contribution in [0.2, 0.25) is 0 Å². The molecule has 1 aromatic heterocycles. The molecule has 0 aromatic carbocycles. The van der Waals surface area contributed by atoms with E-state index in [0.29, 0.717) is 11.8 Å². The van der Waals surface area contributed by atoms with Crippen LogP contribution in [-0.4, -0.2) is 10.4 Å². The van der Waals surface area contributed by atoms with Crippen LogP contribution >= 0.6 is 11.6 Å². The Hall–Kier alpha value is -0.760. The van der Waals surface area contributed by atoms with E-state index in [4.69, 9.17) is 11.6 Å². The number of hydrogen-bond donors (Lipinski definition) is 0. The Labute approximate surface area is 95.9 Å². The standard InChI is InChI=1S/C12H18ClNO/c1-10(5-7-13)6-9-14-8-3-4-11(2)12(14)15/h3-4,8,10H,5-7,9H2,1-2H3. The third-order valence-corrected chi connectivity index (χ3v) is 2.89. The number of hydrogen-bond acceptors (Lipinski definition) is 1. The summed E-state index contributed by atoms with van der Waals surface area (Å²) in [5.41, 5.74) is 0.929. The van der Waals surface area contributed by atoms with Crippen molar-refractivity contribution in [2.24, 2.45) is 5.92 Å². The fourth-order valence-electron chi connectivity index (χ4n) is 1.52. The molecule has 15 heavy (non-hydrogen) atoms. The molecule has 1 aromatic rings. The Morgan fingerprint density at radius 2 is 2.20 bits per heavy atom. The van der Waals surface area contributed by atoms with Crippen LogP contribution in [0.5, 0.6) is 0 Å². The average molecular weight is 228 g/mol. The average Bonchev–Trinajstić information content (AvgIpc) is 2.21. The maximum absolute atomic E-state index is 11.7. The van der Waals surface area contributed by atoms with Crippen molar-refractivity contribution in [3.05, 3.63) is 34.2 Å². The van der Waals surface area contributed by atoms with Crippen molar-refractivity contribution in [3.63, 3.8) is 0 Å². The fourth-order valence-corrected chi connectivity index (χ4v) is 1.90. The number of alkyl halides is 1. The van der Waals surface area contributed by atoms with Crippen LogP contribution in [0.15, 0.2) is 23.1 Å². The minimum Gasteiger partial charge on any atom is -0.315 e. The third kappa shape index (κ3) is 3.71. The van der Waals surface area contributed by atoms with Crippen LogP contribution in [0.4, 0.5) is 0 Å². The molecule has 0 saturated carbocycles. The highest BCUT2D eigenvalue weighted by Crippen LogP contribution is 2.09.